The second kappa shape index (κ2) is 8.18. The van der Waals surface area contributed by atoms with E-state index in [0.717, 1.165) is 11.1 Å². The summed E-state index contributed by atoms with van der Waals surface area (Å²) in [5.41, 5.74) is 3.26. The number of thioether (sulfide) groups is 1. The van der Waals surface area contributed by atoms with Gasteiger partial charge in [-0.2, -0.15) is 0 Å². The Morgan fingerprint density at radius 1 is 0.971 bits per heavy atom. The molecular weight excluding hydrogens is 464 g/mol. The SMILES string of the molecule is O=C(O)C1=CS[C@@H]2C(=Cc3ccc4c(c3)N(Cc3ccccc3)C(=O)c3ccccc3O4)C(=O)N12. The van der Waals surface area contributed by atoms with E-state index in [2.05, 4.69) is 0 Å². The Bertz CT molecular complexity index is 1460. The van der Waals surface area contributed by atoms with E-state index in [-0.39, 0.29) is 22.9 Å². The maximum absolute atomic E-state index is 13.6. The van der Waals surface area contributed by atoms with Crippen LogP contribution in [0.3, 0.4) is 0 Å². The van der Waals surface area contributed by atoms with Crippen molar-refractivity contribution in [2.45, 2.75) is 11.9 Å². The van der Waals surface area contributed by atoms with E-state index >= 15 is 0 Å². The highest BCUT2D eigenvalue weighted by molar-refractivity contribution is 8.03. The van der Waals surface area contributed by atoms with Crippen LogP contribution in [0.15, 0.2) is 89.5 Å². The zero-order valence-electron chi connectivity index (χ0n) is 18.3. The Kier molecular flexibility index (Phi) is 4.96. The molecular formula is C27H18N2O5S. The lowest BCUT2D eigenvalue weighted by Gasteiger charge is -2.37. The minimum Gasteiger partial charge on any atom is -0.477 e. The molecule has 2 amide bonds. The first kappa shape index (κ1) is 21.2. The Morgan fingerprint density at radius 3 is 2.54 bits per heavy atom. The number of carbonyl (C=O) groups excluding carboxylic acids is 2. The summed E-state index contributed by atoms with van der Waals surface area (Å²) in [5, 5.41) is 10.4. The van der Waals surface area contributed by atoms with Crippen molar-refractivity contribution in [3.8, 4) is 11.5 Å². The Balaban J connectivity index is 1.39. The fourth-order valence-corrected chi connectivity index (χ4v) is 5.51. The van der Waals surface area contributed by atoms with E-state index in [0.29, 0.717) is 34.9 Å². The topological polar surface area (TPSA) is 87.1 Å². The average molecular weight is 483 g/mol. The van der Waals surface area contributed by atoms with Crippen molar-refractivity contribution in [3.63, 3.8) is 0 Å². The summed E-state index contributed by atoms with van der Waals surface area (Å²) in [6, 6.07) is 22.3. The van der Waals surface area contributed by atoms with Gasteiger partial charge in [0.25, 0.3) is 11.8 Å². The van der Waals surface area contributed by atoms with Crippen molar-refractivity contribution in [1.29, 1.82) is 0 Å². The number of anilines is 1. The molecule has 1 N–H and O–H groups in total. The van der Waals surface area contributed by atoms with Crippen molar-refractivity contribution in [1.82, 2.24) is 4.90 Å². The molecule has 1 fully saturated rings. The third-order valence-corrected chi connectivity index (χ3v) is 7.20. The molecule has 0 aromatic heterocycles. The predicted molar refractivity (Wildman–Crippen MR) is 132 cm³/mol. The van der Waals surface area contributed by atoms with Crippen molar-refractivity contribution < 1.29 is 24.2 Å². The first-order valence-corrected chi connectivity index (χ1v) is 11.9. The quantitative estimate of drug-likeness (QED) is 0.422. The molecule has 3 aromatic rings. The molecule has 172 valence electrons. The summed E-state index contributed by atoms with van der Waals surface area (Å²) in [6.07, 6.45) is 1.75. The molecule has 1 atom stereocenters. The zero-order valence-corrected chi connectivity index (χ0v) is 19.1. The largest absolute Gasteiger partial charge is 0.477 e. The number of rotatable bonds is 4. The van der Waals surface area contributed by atoms with Gasteiger partial charge in [0.1, 0.15) is 16.8 Å². The van der Waals surface area contributed by atoms with Crippen LogP contribution < -0.4 is 9.64 Å². The van der Waals surface area contributed by atoms with Gasteiger partial charge in [-0.25, -0.2) is 4.79 Å². The monoisotopic (exact) mass is 482 g/mol. The minimum absolute atomic E-state index is 0.00474. The number of fused-ring (bicyclic) bond motifs is 3. The van der Waals surface area contributed by atoms with Crippen LogP contribution in [-0.4, -0.2) is 33.2 Å². The number of carbonyl (C=O) groups is 3. The number of benzene rings is 3. The highest BCUT2D eigenvalue weighted by atomic mass is 32.2. The maximum Gasteiger partial charge on any atom is 0.353 e. The molecule has 0 spiro atoms. The molecule has 0 saturated carbocycles. The van der Waals surface area contributed by atoms with E-state index in [9.17, 15) is 19.5 Å². The van der Waals surface area contributed by atoms with Gasteiger partial charge in [-0.3, -0.25) is 14.5 Å². The standard InChI is InChI=1S/C27H18N2O5S/c30-24-18-8-4-5-9-22(18)34-23-11-10-17(13-20(23)28(24)14-16-6-2-1-3-7-16)12-19-25(31)29-21(27(32)33)15-35-26(19)29/h1-13,15,26H,14H2,(H,32,33)/t26-/m1/s1. The van der Waals surface area contributed by atoms with Gasteiger partial charge in [0, 0.05) is 5.41 Å². The van der Waals surface area contributed by atoms with E-state index in [1.807, 2.05) is 48.5 Å². The van der Waals surface area contributed by atoms with Crippen LogP contribution in [0.25, 0.3) is 6.08 Å². The Hall–Kier alpha value is -4.30. The molecule has 35 heavy (non-hydrogen) atoms. The van der Waals surface area contributed by atoms with Crippen LogP contribution in [0.4, 0.5) is 5.69 Å². The molecule has 7 nitrogen and oxygen atoms in total. The maximum atomic E-state index is 13.6. The number of carboxylic acid groups (broad SMARTS) is 1. The highest BCUT2D eigenvalue weighted by Crippen LogP contribution is 2.46. The number of nitrogens with zero attached hydrogens (tertiary/aromatic N) is 2. The lowest BCUT2D eigenvalue weighted by Crippen LogP contribution is -2.51. The summed E-state index contributed by atoms with van der Waals surface area (Å²) in [6.45, 7) is 0.349. The van der Waals surface area contributed by atoms with Crippen LogP contribution >= 0.6 is 11.8 Å². The molecule has 0 unspecified atom stereocenters. The summed E-state index contributed by atoms with van der Waals surface area (Å²) >= 11 is 1.29. The van der Waals surface area contributed by atoms with Gasteiger partial charge >= 0.3 is 5.97 Å². The second-order valence-corrected chi connectivity index (χ2v) is 9.23. The van der Waals surface area contributed by atoms with Gasteiger partial charge in [-0.05, 0) is 41.5 Å². The van der Waals surface area contributed by atoms with Crippen LogP contribution in [0.1, 0.15) is 21.5 Å². The highest BCUT2D eigenvalue weighted by Gasteiger charge is 2.49. The number of β-lactam (4-membered cyclic amide) rings is 1. The smallest absolute Gasteiger partial charge is 0.353 e. The lowest BCUT2D eigenvalue weighted by molar-refractivity contribution is -0.141. The molecule has 1 saturated heterocycles. The number of hydrogen-bond donors (Lipinski definition) is 1. The van der Waals surface area contributed by atoms with Crippen molar-refractivity contribution in [2.24, 2.45) is 0 Å². The van der Waals surface area contributed by atoms with Gasteiger partial charge in [0.15, 0.2) is 5.75 Å². The molecule has 8 heteroatoms. The third-order valence-electron chi connectivity index (χ3n) is 6.12. The predicted octanol–water partition coefficient (Wildman–Crippen LogP) is 4.86. The number of aliphatic carboxylic acids is 1. The van der Waals surface area contributed by atoms with Crippen molar-refractivity contribution >= 4 is 41.3 Å². The van der Waals surface area contributed by atoms with Crippen LogP contribution in [0.5, 0.6) is 11.5 Å². The molecule has 0 aliphatic carbocycles. The van der Waals surface area contributed by atoms with Gasteiger partial charge in [-0.15, -0.1) is 11.8 Å². The zero-order chi connectivity index (χ0) is 24.1. The molecule has 0 radical (unpaired) electrons. The van der Waals surface area contributed by atoms with E-state index in [4.69, 9.17) is 4.74 Å². The van der Waals surface area contributed by atoms with Crippen molar-refractivity contribution in [3.05, 3.63) is 106 Å². The molecule has 3 aliphatic heterocycles. The Labute approximate surface area is 204 Å². The molecule has 3 aliphatic rings. The van der Waals surface area contributed by atoms with Gasteiger partial charge in [0.05, 0.1) is 23.4 Å². The molecule has 3 aromatic carbocycles. The van der Waals surface area contributed by atoms with Gasteiger partial charge in [0.2, 0.25) is 0 Å². The van der Waals surface area contributed by atoms with Gasteiger partial charge < -0.3 is 14.7 Å². The summed E-state index contributed by atoms with van der Waals surface area (Å²) < 4.78 is 6.14. The lowest BCUT2D eigenvalue weighted by atomic mass is 10.0. The summed E-state index contributed by atoms with van der Waals surface area (Å²) in [4.78, 5) is 40.6. The van der Waals surface area contributed by atoms with E-state index < -0.39 is 5.97 Å². The number of para-hydroxylation sites is 1. The van der Waals surface area contributed by atoms with Crippen molar-refractivity contribution in [2.75, 3.05) is 4.90 Å². The van der Waals surface area contributed by atoms with E-state index in [1.165, 1.54) is 22.1 Å². The number of carboxylic acids is 1. The third kappa shape index (κ3) is 3.50. The summed E-state index contributed by atoms with van der Waals surface area (Å²) in [7, 11) is 0. The first-order valence-electron chi connectivity index (χ1n) is 10.9. The number of hydrogen-bond acceptors (Lipinski definition) is 5. The molecule has 3 heterocycles. The number of amides is 2. The first-order chi connectivity index (χ1) is 17.0. The normalized spacial score (nSPS) is 19.3. The fourth-order valence-electron chi connectivity index (χ4n) is 4.40. The number of ether oxygens (including phenoxy) is 1. The van der Waals surface area contributed by atoms with Crippen LogP contribution in [0, 0.1) is 0 Å². The van der Waals surface area contributed by atoms with Crippen LogP contribution in [-0.2, 0) is 16.1 Å². The minimum atomic E-state index is -1.12. The molecule has 0 bridgehead atoms. The molecule has 6 rings (SSSR count). The fraction of sp³-hybridized carbons (Fsp3) is 0.0741. The summed E-state index contributed by atoms with van der Waals surface area (Å²) in [5.74, 6) is -0.609. The van der Waals surface area contributed by atoms with E-state index in [1.54, 1.807) is 35.2 Å². The Morgan fingerprint density at radius 2 is 1.74 bits per heavy atom. The van der Waals surface area contributed by atoms with Gasteiger partial charge in [-0.1, -0.05) is 48.5 Å². The average Bonchev–Trinajstić information content (AvgIpc) is 3.23. The second-order valence-electron chi connectivity index (χ2n) is 8.27. The van der Waals surface area contributed by atoms with Crippen LogP contribution in [0.2, 0.25) is 0 Å².